The highest BCUT2D eigenvalue weighted by molar-refractivity contribution is 9.10. The van der Waals surface area contributed by atoms with Crippen molar-refractivity contribution in [1.82, 2.24) is 4.31 Å². The van der Waals surface area contributed by atoms with Gasteiger partial charge in [0.15, 0.2) is 0 Å². The van der Waals surface area contributed by atoms with Crippen LogP contribution in [0.4, 0.5) is 0 Å². The summed E-state index contributed by atoms with van der Waals surface area (Å²) in [5, 5.41) is 0.230. The summed E-state index contributed by atoms with van der Waals surface area (Å²) in [6.45, 7) is 0.803. The second-order valence-corrected chi connectivity index (χ2v) is 7.22. The smallest absolute Gasteiger partial charge is 0.244 e. The van der Waals surface area contributed by atoms with Crippen molar-refractivity contribution < 1.29 is 8.42 Å². The molecule has 1 fully saturated rings. The van der Waals surface area contributed by atoms with E-state index in [0.29, 0.717) is 24.0 Å². The van der Waals surface area contributed by atoms with Crippen molar-refractivity contribution in [1.29, 1.82) is 0 Å². The molecule has 0 unspecified atom stereocenters. The SMILES string of the molecule is Cl.N[C@@H]1CCN(S(=O)(=O)c2cc(Br)ccc2Cl)C1. The summed E-state index contributed by atoms with van der Waals surface area (Å²) in [6.07, 6.45) is 0.685. The normalized spacial score (nSPS) is 20.7. The lowest BCUT2D eigenvalue weighted by Crippen LogP contribution is -2.32. The minimum absolute atomic E-state index is 0. The van der Waals surface area contributed by atoms with E-state index in [2.05, 4.69) is 15.9 Å². The number of halogens is 3. The van der Waals surface area contributed by atoms with Gasteiger partial charge in [0.1, 0.15) is 4.90 Å². The van der Waals surface area contributed by atoms with Crippen LogP contribution in [0.1, 0.15) is 6.42 Å². The molecule has 0 bridgehead atoms. The molecule has 0 aromatic heterocycles. The molecular weight excluding hydrogens is 363 g/mol. The molecule has 0 radical (unpaired) electrons. The molecule has 0 amide bonds. The second kappa shape index (κ2) is 6.07. The number of hydrogen-bond donors (Lipinski definition) is 1. The molecule has 1 atom stereocenters. The predicted molar refractivity (Wildman–Crippen MR) is 77.8 cm³/mol. The molecule has 0 saturated carbocycles. The molecule has 18 heavy (non-hydrogen) atoms. The lowest BCUT2D eigenvalue weighted by atomic mass is 10.3. The Morgan fingerprint density at radius 1 is 1.44 bits per heavy atom. The summed E-state index contributed by atoms with van der Waals surface area (Å²) in [7, 11) is -3.53. The zero-order valence-corrected chi connectivity index (χ0v) is 13.3. The van der Waals surface area contributed by atoms with Gasteiger partial charge in [0.05, 0.1) is 5.02 Å². The fourth-order valence-electron chi connectivity index (χ4n) is 1.79. The van der Waals surface area contributed by atoms with E-state index in [1.807, 2.05) is 0 Å². The average Bonchev–Trinajstić information content (AvgIpc) is 2.69. The highest BCUT2D eigenvalue weighted by atomic mass is 79.9. The van der Waals surface area contributed by atoms with Crippen molar-refractivity contribution in [3.8, 4) is 0 Å². The van der Waals surface area contributed by atoms with Gasteiger partial charge in [0, 0.05) is 23.6 Å². The predicted octanol–water partition coefficient (Wildman–Crippen LogP) is 2.25. The van der Waals surface area contributed by atoms with Gasteiger partial charge < -0.3 is 5.73 Å². The van der Waals surface area contributed by atoms with Crippen LogP contribution in [-0.4, -0.2) is 31.9 Å². The third kappa shape index (κ3) is 3.18. The second-order valence-electron chi connectivity index (χ2n) is 3.99. The molecule has 1 aromatic rings. The molecule has 102 valence electrons. The van der Waals surface area contributed by atoms with Gasteiger partial charge in [-0.05, 0) is 24.6 Å². The van der Waals surface area contributed by atoms with Crippen LogP contribution in [0.2, 0.25) is 5.02 Å². The number of nitrogens with zero attached hydrogens (tertiary/aromatic N) is 1. The quantitative estimate of drug-likeness (QED) is 0.862. The minimum Gasteiger partial charge on any atom is -0.326 e. The van der Waals surface area contributed by atoms with Gasteiger partial charge in [-0.15, -0.1) is 12.4 Å². The highest BCUT2D eigenvalue weighted by Gasteiger charge is 2.32. The Morgan fingerprint density at radius 3 is 2.67 bits per heavy atom. The molecule has 0 aliphatic carbocycles. The molecule has 8 heteroatoms. The molecule has 1 heterocycles. The molecular formula is C10H13BrCl2N2O2S. The van der Waals surface area contributed by atoms with Crippen LogP contribution >= 0.6 is 39.9 Å². The number of hydrogen-bond acceptors (Lipinski definition) is 3. The van der Waals surface area contributed by atoms with E-state index in [-0.39, 0.29) is 28.4 Å². The van der Waals surface area contributed by atoms with E-state index in [9.17, 15) is 8.42 Å². The van der Waals surface area contributed by atoms with Crippen LogP contribution in [0, 0.1) is 0 Å². The standard InChI is InChI=1S/C10H12BrClN2O2S.ClH/c11-7-1-2-9(12)10(5-7)17(15,16)14-4-3-8(13)6-14;/h1-2,5,8H,3-4,6,13H2;1H/t8-;/m1./s1. The van der Waals surface area contributed by atoms with Crippen LogP contribution < -0.4 is 5.73 Å². The zero-order chi connectivity index (χ0) is 12.6. The summed E-state index contributed by atoms with van der Waals surface area (Å²) in [5.41, 5.74) is 5.72. The summed E-state index contributed by atoms with van der Waals surface area (Å²) in [6, 6.07) is 4.70. The lowest BCUT2D eigenvalue weighted by molar-refractivity contribution is 0.472. The first-order chi connectivity index (χ1) is 7.91. The van der Waals surface area contributed by atoms with Gasteiger partial charge in [-0.25, -0.2) is 8.42 Å². The van der Waals surface area contributed by atoms with Gasteiger partial charge in [0.2, 0.25) is 10.0 Å². The molecule has 1 aliphatic heterocycles. The number of benzene rings is 1. The molecule has 4 nitrogen and oxygen atoms in total. The summed E-state index contributed by atoms with van der Waals surface area (Å²) in [4.78, 5) is 0.127. The zero-order valence-electron chi connectivity index (χ0n) is 9.34. The Labute approximate surface area is 126 Å². The van der Waals surface area contributed by atoms with E-state index in [4.69, 9.17) is 17.3 Å². The van der Waals surface area contributed by atoms with Gasteiger partial charge in [0.25, 0.3) is 0 Å². The highest BCUT2D eigenvalue weighted by Crippen LogP contribution is 2.29. The van der Waals surface area contributed by atoms with Crippen LogP contribution in [0.3, 0.4) is 0 Å². The van der Waals surface area contributed by atoms with Gasteiger partial charge in [-0.1, -0.05) is 27.5 Å². The van der Waals surface area contributed by atoms with E-state index < -0.39 is 10.0 Å². The summed E-state index contributed by atoms with van der Waals surface area (Å²) >= 11 is 9.18. The Hall–Kier alpha value is 0.150. The molecule has 0 spiro atoms. The van der Waals surface area contributed by atoms with E-state index in [1.165, 1.54) is 10.4 Å². The van der Waals surface area contributed by atoms with E-state index in [0.717, 1.165) is 0 Å². The van der Waals surface area contributed by atoms with Crippen LogP contribution in [-0.2, 0) is 10.0 Å². The fraction of sp³-hybridized carbons (Fsp3) is 0.400. The van der Waals surface area contributed by atoms with Crippen molar-refractivity contribution in [2.24, 2.45) is 5.73 Å². The first kappa shape index (κ1) is 16.2. The molecule has 1 aromatic carbocycles. The maximum atomic E-state index is 12.3. The third-order valence-corrected chi connectivity index (χ3v) is 5.54. The monoisotopic (exact) mass is 374 g/mol. The summed E-state index contributed by atoms with van der Waals surface area (Å²) < 4.78 is 26.7. The van der Waals surface area contributed by atoms with Gasteiger partial charge in [-0.3, -0.25) is 0 Å². The molecule has 2 rings (SSSR count). The maximum Gasteiger partial charge on any atom is 0.244 e. The van der Waals surface area contributed by atoms with Crippen molar-refractivity contribution >= 4 is 50.0 Å². The average molecular weight is 376 g/mol. The van der Waals surface area contributed by atoms with Crippen LogP contribution in [0.5, 0.6) is 0 Å². The van der Waals surface area contributed by atoms with Crippen molar-refractivity contribution in [2.75, 3.05) is 13.1 Å². The molecule has 1 aliphatic rings. The number of sulfonamides is 1. The van der Waals surface area contributed by atoms with Crippen molar-refractivity contribution in [3.05, 3.63) is 27.7 Å². The lowest BCUT2D eigenvalue weighted by Gasteiger charge is -2.17. The van der Waals surface area contributed by atoms with Gasteiger partial charge in [-0.2, -0.15) is 4.31 Å². The van der Waals surface area contributed by atoms with Crippen molar-refractivity contribution in [3.63, 3.8) is 0 Å². The Morgan fingerprint density at radius 2 is 2.11 bits per heavy atom. The van der Waals surface area contributed by atoms with Gasteiger partial charge >= 0.3 is 0 Å². The maximum absolute atomic E-state index is 12.3. The summed E-state index contributed by atoms with van der Waals surface area (Å²) in [5.74, 6) is 0. The molecule has 1 saturated heterocycles. The number of nitrogens with two attached hydrogens (primary N) is 1. The first-order valence-electron chi connectivity index (χ1n) is 5.12. The van der Waals surface area contributed by atoms with Crippen LogP contribution in [0.15, 0.2) is 27.6 Å². The fourth-order valence-corrected chi connectivity index (χ4v) is 4.31. The van der Waals surface area contributed by atoms with Crippen LogP contribution in [0.25, 0.3) is 0 Å². The number of rotatable bonds is 2. The topological polar surface area (TPSA) is 63.4 Å². The first-order valence-corrected chi connectivity index (χ1v) is 7.73. The third-order valence-electron chi connectivity index (χ3n) is 2.70. The minimum atomic E-state index is -3.53. The van der Waals surface area contributed by atoms with Crippen molar-refractivity contribution in [2.45, 2.75) is 17.4 Å². The Kier molecular flexibility index (Phi) is 5.46. The van der Waals surface area contributed by atoms with E-state index >= 15 is 0 Å². The molecule has 2 N–H and O–H groups in total. The Balaban J connectivity index is 0.00000162. The largest absolute Gasteiger partial charge is 0.326 e. The Bertz CT molecular complexity index is 539. The van der Waals surface area contributed by atoms with E-state index in [1.54, 1.807) is 12.1 Å².